The molecular formula is C30H36F3N5O3S. The number of pyridine rings is 2. The third-order valence-electron chi connectivity index (χ3n) is 8.73. The number of aromatic nitrogens is 2. The summed E-state index contributed by atoms with van der Waals surface area (Å²) in [5, 5.41) is 3.53. The van der Waals surface area contributed by atoms with E-state index < -0.39 is 17.3 Å². The average molecular weight is 604 g/mol. The van der Waals surface area contributed by atoms with Gasteiger partial charge in [0, 0.05) is 86.6 Å². The molecule has 0 bridgehead atoms. The van der Waals surface area contributed by atoms with Crippen LogP contribution in [0.2, 0.25) is 0 Å². The van der Waals surface area contributed by atoms with Gasteiger partial charge in [0.1, 0.15) is 0 Å². The number of thioether (sulfide) groups is 1. The van der Waals surface area contributed by atoms with Crippen molar-refractivity contribution >= 4 is 17.7 Å². The highest BCUT2D eigenvalue weighted by atomic mass is 32.2. The number of nitrogens with zero attached hydrogens (tertiary/aromatic N) is 4. The first-order valence-corrected chi connectivity index (χ1v) is 15.6. The first kappa shape index (κ1) is 29.4. The van der Waals surface area contributed by atoms with Gasteiger partial charge in [0.15, 0.2) is 0 Å². The number of aryl methyl sites for hydroxylation is 1. The molecule has 6 rings (SSSR count). The van der Waals surface area contributed by atoms with Crippen LogP contribution in [-0.4, -0.2) is 75.9 Å². The predicted octanol–water partition coefficient (Wildman–Crippen LogP) is 3.75. The lowest BCUT2D eigenvalue weighted by Gasteiger charge is -2.29. The Hall–Kier alpha value is -2.67. The average Bonchev–Trinajstić information content (AvgIpc) is 3.44. The van der Waals surface area contributed by atoms with Gasteiger partial charge in [0.2, 0.25) is 5.91 Å². The van der Waals surface area contributed by atoms with Crippen LogP contribution in [0.5, 0.6) is 0 Å². The minimum atomic E-state index is -4.59. The van der Waals surface area contributed by atoms with Crippen molar-refractivity contribution in [3.8, 4) is 0 Å². The summed E-state index contributed by atoms with van der Waals surface area (Å²) in [4.78, 5) is 34.2. The third kappa shape index (κ3) is 6.61. The minimum Gasteiger partial charge on any atom is -0.381 e. The molecule has 2 saturated heterocycles. The van der Waals surface area contributed by atoms with E-state index in [2.05, 4.69) is 21.3 Å². The Morgan fingerprint density at radius 2 is 2.02 bits per heavy atom. The predicted molar refractivity (Wildman–Crippen MR) is 154 cm³/mol. The molecule has 1 aliphatic carbocycles. The maximum Gasteiger partial charge on any atom is 0.416 e. The number of ether oxygens (including phenoxy) is 1. The zero-order valence-electron chi connectivity index (χ0n) is 23.4. The summed E-state index contributed by atoms with van der Waals surface area (Å²) < 4.78 is 46.8. The van der Waals surface area contributed by atoms with Gasteiger partial charge in [-0.1, -0.05) is 6.07 Å². The number of likely N-dealkylation sites (tertiary alicyclic amines) is 1. The van der Waals surface area contributed by atoms with Crippen molar-refractivity contribution in [2.24, 2.45) is 0 Å². The number of carbonyl (C=O) groups is 1. The molecule has 0 aromatic carbocycles. The number of hydrogen-bond acceptors (Lipinski definition) is 7. The number of halogens is 3. The number of amides is 1. The molecule has 0 spiro atoms. The van der Waals surface area contributed by atoms with E-state index in [-0.39, 0.29) is 36.5 Å². The van der Waals surface area contributed by atoms with Crippen LogP contribution in [0.4, 0.5) is 13.2 Å². The smallest absolute Gasteiger partial charge is 0.381 e. The topological polar surface area (TPSA) is 79.7 Å². The summed E-state index contributed by atoms with van der Waals surface area (Å²) in [6, 6.07) is 6.25. The molecule has 0 radical (unpaired) electrons. The molecule has 226 valence electrons. The lowest BCUT2D eigenvalue weighted by Crippen LogP contribution is -2.43. The molecule has 8 nitrogen and oxygen atoms in total. The van der Waals surface area contributed by atoms with E-state index >= 15 is 0 Å². The Kier molecular flexibility index (Phi) is 8.76. The molecule has 1 amide bonds. The van der Waals surface area contributed by atoms with Crippen LogP contribution < -0.4 is 10.9 Å². The van der Waals surface area contributed by atoms with E-state index in [0.29, 0.717) is 23.9 Å². The Morgan fingerprint density at radius 1 is 1.14 bits per heavy atom. The SMILES string of the molecule is O=C(CN1CCn2c(cc(C(F)(F)F)cc2=O)C1)NC=C1CN(C2CCCOCC2)C[C@@H]1SC1CCc2cccnc21. The summed E-state index contributed by atoms with van der Waals surface area (Å²) in [5.41, 5.74) is 2.32. The normalized spacial score (nSPS) is 26.2. The van der Waals surface area contributed by atoms with Gasteiger partial charge in [-0.3, -0.25) is 24.4 Å². The number of carbonyl (C=O) groups excluding carboxylic acids is 1. The Labute approximate surface area is 247 Å². The summed E-state index contributed by atoms with van der Waals surface area (Å²) >= 11 is 1.93. The van der Waals surface area contributed by atoms with Gasteiger partial charge >= 0.3 is 6.18 Å². The highest BCUT2D eigenvalue weighted by molar-refractivity contribution is 8.00. The van der Waals surface area contributed by atoms with E-state index in [1.807, 2.05) is 30.2 Å². The monoisotopic (exact) mass is 603 g/mol. The highest BCUT2D eigenvalue weighted by Gasteiger charge is 2.37. The molecule has 2 aromatic heterocycles. The second kappa shape index (κ2) is 12.5. The highest BCUT2D eigenvalue weighted by Crippen LogP contribution is 2.45. The van der Waals surface area contributed by atoms with Crippen molar-refractivity contribution in [3.63, 3.8) is 0 Å². The van der Waals surface area contributed by atoms with Gasteiger partial charge in [0.25, 0.3) is 5.56 Å². The fraction of sp³-hybridized carbons (Fsp3) is 0.567. The lowest BCUT2D eigenvalue weighted by atomic mass is 10.1. The number of fused-ring (bicyclic) bond motifs is 2. The number of hydrogen-bond donors (Lipinski definition) is 1. The molecule has 2 aromatic rings. The zero-order valence-corrected chi connectivity index (χ0v) is 24.3. The molecule has 3 aliphatic heterocycles. The van der Waals surface area contributed by atoms with E-state index in [1.54, 1.807) is 4.90 Å². The van der Waals surface area contributed by atoms with Crippen LogP contribution in [0, 0.1) is 0 Å². The van der Waals surface area contributed by atoms with Gasteiger partial charge < -0.3 is 14.6 Å². The van der Waals surface area contributed by atoms with Crippen molar-refractivity contribution in [1.82, 2.24) is 24.7 Å². The van der Waals surface area contributed by atoms with Gasteiger partial charge in [-0.05, 0) is 55.4 Å². The second-order valence-corrected chi connectivity index (χ2v) is 13.0. The molecule has 2 unspecified atom stereocenters. The van der Waals surface area contributed by atoms with E-state index in [4.69, 9.17) is 4.74 Å². The van der Waals surface area contributed by atoms with Crippen LogP contribution in [0.3, 0.4) is 0 Å². The van der Waals surface area contributed by atoms with Crippen LogP contribution >= 0.6 is 11.8 Å². The molecule has 3 atom stereocenters. The van der Waals surface area contributed by atoms with Crippen molar-refractivity contribution in [2.75, 3.05) is 39.4 Å². The summed E-state index contributed by atoms with van der Waals surface area (Å²) in [6.07, 6.45) is 4.35. The summed E-state index contributed by atoms with van der Waals surface area (Å²) in [7, 11) is 0. The van der Waals surface area contributed by atoms with E-state index in [0.717, 1.165) is 64.5 Å². The maximum atomic E-state index is 13.2. The molecule has 42 heavy (non-hydrogen) atoms. The second-order valence-electron chi connectivity index (χ2n) is 11.5. The zero-order chi connectivity index (χ0) is 29.3. The molecule has 12 heteroatoms. The Morgan fingerprint density at radius 3 is 2.88 bits per heavy atom. The Balaban J connectivity index is 1.13. The molecule has 5 heterocycles. The molecule has 4 aliphatic rings. The largest absolute Gasteiger partial charge is 0.416 e. The van der Waals surface area contributed by atoms with Gasteiger partial charge in [-0.2, -0.15) is 13.2 Å². The standard InChI is InChI=1S/C30H36F3N5O3S/c31-30(32,33)22-13-24-17-36(9-10-38(24)28(40)14-22)19-27(39)35-15-21-16-37(23-4-2-11-41-12-7-23)18-26(21)42-25-6-5-20-3-1-8-34-29(20)25/h1,3,8,13-15,23,25-26H,2,4-7,9-12,16-19H2,(H,35,39)/t23?,25?,26-/m0/s1. The number of alkyl halides is 3. The van der Waals surface area contributed by atoms with Crippen molar-refractivity contribution < 1.29 is 22.7 Å². The summed E-state index contributed by atoms with van der Waals surface area (Å²) in [6.45, 7) is 4.06. The minimum absolute atomic E-state index is 0.0373. The first-order valence-electron chi connectivity index (χ1n) is 14.7. The number of rotatable bonds is 6. The molecule has 1 N–H and O–H groups in total. The van der Waals surface area contributed by atoms with Crippen LogP contribution in [0.15, 0.2) is 47.0 Å². The van der Waals surface area contributed by atoms with Gasteiger partial charge in [-0.15, -0.1) is 11.8 Å². The quantitative estimate of drug-likeness (QED) is 0.539. The maximum absolute atomic E-state index is 13.2. The van der Waals surface area contributed by atoms with Gasteiger partial charge in [-0.25, -0.2) is 0 Å². The fourth-order valence-electron chi connectivity index (χ4n) is 6.54. The first-order chi connectivity index (χ1) is 20.2. The van der Waals surface area contributed by atoms with Crippen molar-refractivity contribution in [2.45, 2.75) is 67.9 Å². The van der Waals surface area contributed by atoms with E-state index in [1.165, 1.54) is 21.4 Å². The lowest BCUT2D eigenvalue weighted by molar-refractivity contribution is -0.138. The van der Waals surface area contributed by atoms with Crippen LogP contribution in [-0.2, 0) is 35.2 Å². The van der Waals surface area contributed by atoms with Crippen molar-refractivity contribution in [3.05, 3.63) is 75.1 Å². The van der Waals surface area contributed by atoms with Gasteiger partial charge in [0.05, 0.1) is 17.8 Å². The molecule has 2 fully saturated rings. The Bertz CT molecular complexity index is 1390. The molecule has 0 saturated carbocycles. The van der Waals surface area contributed by atoms with Crippen LogP contribution in [0.25, 0.3) is 0 Å². The third-order valence-corrected chi connectivity index (χ3v) is 10.3. The molecular weight excluding hydrogens is 567 g/mol. The van der Waals surface area contributed by atoms with E-state index in [9.17, 15) is 22.8 Å². The van der Waals surface area contributed by atoms with Crippen molar-refractivity contribution in [1.29, 1.82) is 0 Å². The van der Waals surface area contributed by atoms with Crippen LogP contribution in [0.1, 0.15) is 53.4 Å². The fourth-order valence-corrected chi connectivity index (χ4v) is 8.13. The summed E-state index contributed by atoms with van der Waals surface area (Å²) in [5.74, 6) is -0.219. The number of nitrogens with one attached hydrogen (secondary N) is 1.